The van der Waals surface area contributed by atoms with Crippen molar-refractivity contribution in [3.05, 3.63) is 59.7 Å². The molecule has 0 bridgehead atoms. The van der Waals surface area contributed by atoms with Gasteiger partial charge in [0, 0.05) is 38.0 Å². The Morgan fingerprint density at radius 2 is 2.09 bits per heavy atom. The topological polar surface area (TPSA) is 85.6 Å². The maximum absolute atomic E-state index is 16.8. The fourth-order valence-electron chi connectivity index (χ4n) is 8.63. The van der Waals surface area contributed by atoms with Crippen molar-refractivity contribution in [2.45, 2.75) is 62.2 Å². The number of fused-ring (bicyclic) bond motifs is 5. The van der Waals surface area contributed by atoms with Crippen molar-refractivity contribution in [1.29, 1.82) is 5.26 Å². The van der Waals surface area contributed by atoms with Crippen molar-refractivity contribution in [3.8, 4) is 23.2 Å². The van der Waals surface area contributed by atoms with E-state index in [1.165, 1.54) is 17.7 Å². The smallest absolute Gasteiger partial charge is 0.319 e. The molecular weight excluding hydrogens is 593 g/mol. The third kappa shape index (κ3) is 4.63. The van der Waals surface area contributed by atoms with Gasteiger partial charge in [-0.05, 0) is 72.9 Å². The summed E-state index contributed by atoms with van der Waals surface area (Å²) < 4.78 is 53.6. The monoisotopic (exact) mass is 628 g/mol. The molecule has 238 valence electrons. The minimum atomic E-state index is -0.940. The average molecular weight is 629 g/mol. The molecule has 3 saturated heterocycles. The van der Waals surface area contributed by atoms with E-state index in [1.54, 1.807) is 11.0 Å². The first-order valence-corrected chi connectivity index (χ1v) is 16.2. The van der Waals surface area contributed by atoms with Gasteiger partial charge in [0.05, 0.1) is 29.6 Å². The number of alkyl halides is 1. The summed E-state index contributed by atoms with van der Waals surface area (Å²) in [6.45, 7) is 5.71. The van der Waals surface area contributed by atoms with Gasteiger partial charge in [-0.25, -0.2) is 13.2 Å². The lowest BCUT2D eigenvalue weighted by atomic mass is 9.93. The van der Waals surface area contributed by atoms with Gasteiger partial charge in [-0.15, -0.1) is 0 Å². The van der Waals surface area contributed by atoms with Crippen LogP contribution in [0.2, 0.25) is 0 Å². The molecule has 1 saturated carbocycles. The number of nitrogens with zero attached hydrogens (tertiary/aromatic N) is 6. The Bertz CT molecular complexity index is 1810. The number of halogens is 3. The molecule has 0 N–H and O–H groups in total. The highest BCUT2D eigenvalue weighted by atomic mass is 19.1. The van der Waals surface area contributed by atoms with Crippen LogP contribution in [0.3, 0.4) is 0 Å². The number of nitriles is 1. The van der Waals surface area contributed by atoms with Gasteiger partial charge in [0.15, 0.2) is 5.82 Å². The fourth-order valence-corrected chi connectivity index (χ4v) is 8.63. The molecule has 2 aromatic carbocycles. The average Bonchev–Trinajstić information content (AvgIpc) is 3.39. The second-order valence-corrected chi connectivity index (χ2v) is 13.5. The fraction of sp³-hybridized carbons (Fsp3) is 0.486. The maximum atomic E-state index is 16.8. The van der Waals surface area contributed by atoms with Crippen LogP contribution in [-0.4, -0.2) is 82.8 Å². The first kappa shape index (κ1) is 29.2. The quantitative estimate of drug-likeness (QED) is 0.328. The zero-order chi connectivity index (χ0) is 31.7. The number of aromatic nitrogens is 2. The second kappa shape index (κ2) is 11.0. The number of piperazine rings is 1. The number of hydrogen-bond acceptors (Lipinski definition) is 7. The molecule has 3 aromatic rings. The number of rotatable bonds is 7. The molecule has 5 aliphatic rings. The lowest BCUT2D eigenvalue weighted by Crippen LogP contribution is -2.55. The Morgan fingerprint density at radius 1 is 1.22 bits per heavy atom. The highest BCUT2D eigenvalue weighted by Gasteiger charge is 2.50. The van der Waals surface area contributed by atoms with Gasteiger partial charge in [0.1, 0.15) is 29.9 Å². The number of anilines is 1. The molecule has 0 spiro atoms. The van der Waals surface area contributed by atoms with Gasteiger partial charge in [-0.3, -0.25) is 9.69 Å². The minimum Gasteiger partial charge on any atom is -0.461 e. The van der Waals surface area contributed by atoms with Crippen molar-refractivity contribution < 1.29 is 22.7 Å². The largest absolute Gasteiger partial charge is 0.461 e. The summed E-state index contributed by atoms with van der Waals surface area (Å²) in [7, 11) is 0. The van der Waals surface area contributed by atoms with Crippen LogP contribution in [0.15, 0.2) is 36.9 Å². The molecule has 4 heterocycles. The molecule has 11 heteroatoms. The molecule has 8 nitrogen and oxygen atoms in total. The van der Waals surface area contributed by atoms with Crippen LogP contribution in [0.5, 0.6) is 6.01 Å². The Morgan fingerprint density at radius 3 is 2.91 bits per heavy atom. The van der Waals surface area contributed by atoms with Gasteiger partial charge in [0.2, 0.25) is 5.91 Å². The summed E-state index contributed by atoms with van der Waals surface area (Å²) >= 11 is 0. The molecule has 3 aliphatic heterocycles. The van der Waals surface area contributed by atoms with Crippen LogP contribution in [0.4, 0.5) is 19.0 Å². The Balaban J connectivity index is 1.22. The SMILES string of the molecule is C=CC(=O)N1CCN(c2nc(OC[C@@]34CCCN3C[C@H](F)C4)nc3c(F)c(-c4cccc5c4CC4CC54)c(F)cc23)C[C@@H]1CC#N. The molecule has 8 rings (SSSR count). The summed E-state index contributed by atoms with van der Waals surface area (Å²) in [6.07, 6.45) is 4.36. The normalized spacial score (nSPS) is 28.1. The number of carbonyl (C=O) groups excluding carboxylic acids is 1. The van der Waals surface area contributed by atoms with Crippen molar-refractivity contribution >= 4 is 22.6 Å². The minimum absolute atomic E-state index is 0.0610. The zero-order valence-electron chi connectivity index (χ0n) is 25.5. The summed E-state index contributed by atoms with van der Waals surface area (Å²) in [6, 6.07) is 8.60. The van der Waals surface area contributed by atoms with Crippen LogP contribution in [0, 0.1) is 28.9 Å². The van der Waals surface area contributed by atoms with E-state index in [0.29, 0.717) is 36.9 Å². The number of ether oxygens (including phenoxy) is 1. The lowest BCUT2D eigenvalue weighted by Gasteiger charge is -2.41. The second-order valence-electron chi connectivity index (χ2n) is 13.5. The van der Waals surface area contributed by atoms with Gasteiger partial charge >= 0.3 is 6.01 Å². The summed E-state index contributed by atoms with van der Waals surface area (Å²) in [5, 5.41) is 9.71. The molecular formula is C35H35F3N6O2. The molecule has 46 heavy (non-hydrogen) atoms. The van der Waals surface area contributed by atoms with Crippen molar-refractivity contribution in [2.24, 2.45) is 5.92 Å². The van der Waals surface area contributed by atoms with Crippen molar-refractivity contribution in [3.63, 3.8) is 0 Å². The van der Waals surface area contributed by atoms with E-state index in [9.17, 15) is 14.4 Å². The van der Waals surface area contributed by atoms with Gasteiger partial charge < -0.3 is 14.5 Å². The third-order valence-electron chi connectivity index (χ3n) is 10.9. The van der Waals surface area contributed by atoms with Gasteiger partial charge in [-0.2, -0.15) is 15.2 Å². The van der Waals surface area contributed by atoms with Crippen molar-refractivity contribution in [2.75, 3.05) is 44.2 Å². The summed E-state index contributed by atoms with van der Waals surface area (Å²) in [5.74, 6) is -0.484. The molecule has 1 aromatic heterocycles. The number of amides is 1. The Labute approximate surface area is 265 Å². The predicted octanol–water partition coefficient (Wildman–Crippen LogP) is 5.31. The molecule has 5 atom stereocenters. The zero-order valence-corrected chi connectivity index (χ0v) is 25.5. The van der Waals surface area contributed by atoms with Crippen LogP contribution < -0.4 is 9.64 Å². The molecule has 2 aliphatic carbocycles. The van der Waals surface area contributed by atoms with E-state index in [1.807, 2.05) is 11.0 Å². The van der Waals surface area contributed by atoms with Crippen molar-refractivity contribution in [1.82, 2.24) is 19.8 Å². The molecule has 2 unspecified atom stereocenters. The van der Waals surface area contributed by atoms with E-state index in [4.69, 9.17) is 9.72 Å². The van der Waals surface area contributed by atoms with Crippen LogP contribution in [-0.2, 0) is 11.2 Å². The lowest BCUT2D eigenvalue weighted by molar-refractivity contribution is -0.128. The molecule has 1 amide bonds. The number of hydrogen-bond donors (Lipinski definition) is 0. The predicted molar refractivity (Wildman–Crippen MR) is 166 cm³/mol. The maximum Gasteiger partial charge on any atom is 0.319 e. The molecule has 0 radical (unpaired) electrons. The van der Waals surface area contributed by atoms with Gasteiger partial charge in [-0.1, -0.05) is 24.8 Å². The van der Waals surface area contributed by atoms with E-state index in [2.05, 4.69) is 28.6 Å². The number of carbonyl (C=O) groups is 1. The Kier molecular flexibility index (Phi) is 6.98. The highest BCUT2D eigenvalue weighted by molar-refractivity contribution is 5.94. The van der Waals surface area contributed by atoms with Crippen LogP contribution in [0.25, 0.3) is 22.0 Å². The van der Waals surface area contributed by atoms with Gasteiger partial charge in [0.25, 0.3) is 0 Å². The van der Waals surface area contributed by atoms with E-state index in [0.717, 1.165) is 37.8 Å². The van der Waals surface area contributed by atoms with Crippen LogP contribution in [0.1, 0.15) is 49.1 Å². The third-order valence-corrected chi connectivity index (χ3v) is 10.9. The standard InChI is InChI=1S/C35H35F3N6O2/c1-2-29(45)44-12-11-42(18-22(44)7-9-39)33-27-15-28(37)30(24-6-3-5-23-25-13-20(25)14-26(23)24)31(38)32(27)40-34(41-33)46-19-35-8-4-10-43(35)17-21(36)16-35/h2-3,5-6,15,20-22,25H,1,4,7-8,10-14,16-19H2/t20?,21-,22+,25?,35+/m1/s1. The van der Waals surface area contributed by atoms with E-state index >= 15 is 8.78 Å². The first-order chi connectivity index (χ1) is 22.3. The van der Waals surface area contributed by atoms with Crippen LogP contribution >= 0.6 is 0 Å². The highest BCUT2D eigenvalue weighted by Crippen LogP contribution is 2.58. The summed E-state index contributed by atoms with van der Waals surface area (Å²) in [5.41, 5.74) is 2.08. The summed E-state index contributed by atoms with van der Waals surface area (Å²) in [4.78, 5) is 27.3. The van der Waals surface area contributed by atoms with E-state index < -0.39 is 29.4 Å². The molecule has 4 fully saturated rings. The first-order valence-electron chi connectivity index (χ1n) is 16.2. The number of benzene rings is 2. The Hall–Kier alpha value is -4.17. The van der Waals surface area contributed by atoms with E-state index in [-0.39, 0.29) is 60.3 Å².